The average molecular weight is 439 g/mol. The van der Waals surface area contributed by atoms with Crippen LogP contribution in [0.3, 0.4) is 0 Å². The monoisotopic (exact) mass is 439 g/mol. The fourth-order valence-corrected chi connectivity index (χ4v) is 3.42. The third kappa shape index (κ3) is 6.10. The van der Waals surface area contributed by atoms with E-state index in [4.69, 9.17) is 0 Å². The molecule has 1 aliphatic heterocycles. The molecule has 168 valence electrons. The summed E-state index contributed by atoms with van der Waals surface area (Å²) in [5.74, 6) is -2.95. The van der Waals surface area contributed by atoms with E-state index in [2.05, 4.69) is 5.32 Å². The molecular formula is C19H23F6N3O2. The first-order valence-electron chi connectivity index (χ1n) is 9.32. The number of alkyl halides is 6. The van der Waals surface area contributed by atoms with Gasteiger partial charge in [0, 0.05) is 13.6 Å². The van der Waals surface area contributed by atoms with Crippen molar-refractivity contribution in [1.82, 2.24) is 9.80 Å². The number of benzene rings is 1. The number of hydrogen-bond acceptors (Lipinski definition) is 3. The topological polar surface area (TPSA) is 52.7 Å². The van der Waals surface area contributed by atoms with E-state index in [1.807, 2.05) is 0 Å². The molecule has 11 heteroatoms. The molecule has 1 saturated heterocycles. The maximum Gasteiger partial charge on any atom is 0.418 e. The fourth-order valence-electron chi connectivity index (χ4n) is 3.42. The first-order valence-corrected chi connectivity index (χ1v) is 9.32. The summed E-state index contributed by atoms with van der Waals surface area (Å²) in [5.41, 5.74) is -1.46. The van der Waals surface area contributed by atoms with Gasteiger partial charge >= 0.3 is 12.4 Å². The van der Waals surface area contributed by atoms with Gasteiger partial charge in [0.2, 0.25) is 11.8 Å². The molecule has 1 aromatic carbocycles. The number of likely N-dealkylation sites (tertiary alicyclic amines) is 1. The van der Waals surface area contributed by atoms with Crippen LogP contribution in [0.5, 0.6) is 0 Å². The van der Waals surface area contributed by atoms with Gasteiger partial charge in [-0.15, -0.1) is 0 Å². The van der Waals surface area contributed by atoms with Crippen LogP contribution in [0.1, 0.15) is 25.3 Å². The van der Waals surface area contributed by atoms with Gasteiger partial charge in [-0.05, 0) is 38.4 Å². The van der Waals surface area contributed by atoms with Gasteiger partial charge in [0.15, 0.2) is 0 Å². The molecule has 1 aliphatic rings. The normalized spacial score (nSPS) is 19.3. The predicted octanol–water partition coefficient (Wildman–Crippen LogP) is 3.77. The summed E-state index contributed by atoms with van der Waals surface area (Å²) in [5, 5.41) is 2.13. The van der Waals surface area contributed by atoms with E-state index in [-0.39, 0.29) is 13.0 Å². The highest BCUT2D eigenvalue weighted by Crippen LogP contribution is 2.35. The van der Waals surface area contributed by atoms with Crippen molar-refractivity contribution in [2.75, 3.05) is 32.0 Å². The van der Waals surface area contributed by atoms with Crippen LogP contribution in [0, 0.1) is 5.92 Å². The summed E-state index contributed by atoms with van der Waals surface area (Å²) in [7, 11) is 1.28. The molecule has 0 bridgehead atoms. The van der Waals surface area contributed by atoms with Gasteiger partial charge in [-0.3, -0.25) is 14.5 Å². The zero-order valence-electron chi connectivity index (χ0n) is 16.5. The summed E-state index contributed by atoms with van der Waals surface area (Å²) < 4.78 is 78.0. The molecular weight excluding hydrogens is 416 g/mol. The smallest absolute Gasteiger partial charge is 0.335 e. The Labute approximate surface area is 170 Å². The number of hydrogen-bond donors (Lipinski definition) is 1. The molecule has 1 heterocycles. The van der Waals surface area contributed by atoms with E-state index in [0.717, 1.165) is 17.0 Å². The number of rotatable bonds is 5. The summed E-state index contributed by atoms with van der Waals surface area (Å²) in [6.45, 7) is 0.925. The summed E-state index contributed by atoms with van der Waals surface area (Å²) >= 11 is 0. The first-order chi connectivity index (χ1) is 13.8. The van der Waals surface area contributed by atoms with Gasteiger partial charge in [0.25, 0.3) is 0 Å². The van der Waals surface area contributed by atoms with Crippen LogP contribution in [-0.4, -0.2) is 60.5 Å². The second-order valence-corrected chi connectivity index (χ2v) is 7.34. The van der Waals surface area contributed by atoms with Crippen molar-refractivity contribution < 1.29 is 35.9 Å². The Morgan fingerprint density at radius 3 is 2.43 bits per heavy atom. The van der Waals surface area contributed by atoms with Gasteiger partial charge in [-0.2, -0.15) is 26.3 Å². The first kappa shape index (κ1) is 24.0. The van der Waals surface area contributed by atoms with Crippen LogP contribution in [0.2, 0.25) is 0 Å². The molecule has 0 unspecified atom stereocenters. The number of para-hydroxylation sites is 1. The van der Waals surface area contributed by atoms with E-state index in [0.29, 0.717) is 13.0 Å². The van der Waals surface area contributed by atoms with E-state index < -0.39 is 53.9 Å². The number of anilines is 1. The Morgan fingerprint density at radius 2 is 1.83 bits per heavy atom. The molecule has 1 fully saturated rings. The second-order valence-electron chi connectivity index (χ2n) is 7.34. The van der Waals surface area contributed by atoms with E-state index in [9.17, 15) is 35.9 Å². The number of nitrogens with one attached hydrogen (secondary N) is 1. The van der Waals surface area contributed by atoms with Crippen molar-refractivity contribution in [3.05, 3.63) is 29.8 Å². The van der Waals surface area contributed by atoms with Crippen LogP contribution in [0.15, 0.2) is 24.3 Å². The SMILES string of the molecule is C[C@H](C(=O)N(C)CC(=O)Nc1ccccc1C(F)(F)F)N1CCC[C@@H](C(F)(F)F)C1. The zero-order valence-corrected chi connectivity index (χ0v) is 16.5. The van der Waals surface area contributed by atoms with Crippen LogP contribution in [0.4, 0.5) is 32.0 Å². The largest absolute Gasteiger partial charge is 0.418 e. The van der Waals surface area contributed by atoms with Gasteiger partial charge in [-0.1, -0.05) is 12.1 Å². The molecule has 1 N–H and O–H groups in total. The standard InChI is InChI=1S/C19H23F6N3O2/c1-12(28-9-5-6-13(10-28)18(20,21)22)17(30)27(2)11-16(29)26-15-8-4-3-7-14(15)19(23,24)25/h3-4,7-8,12-13H,5-6,9-11H2,1-2H3,(H,26,29)/t12-,13-/m1/s1. The highest BCUT2D eigenvalue weighted by Gasteiger charge is 2.43. The van der Waals surface area contributed by atoms with E-state index in [1.54, 1.807) is 0 Å². The summed E-state index contributed by atoms with van der Waals surface area (Å²) in [6.07, 6.45) is -8.72. The molecule has 30 heavy (non-hydrogen) atoms. The van der Waals surface area contributed by atoms with Crippen molar-refractivity contribution in [3.63, 3.8) is 0 Å². The van der Waals surface area contributed by atoms with Crippen molar-refractivity contribution in [1.29, 1.82) is 0 Å². The Kier molecular flexibility index (Phi) is 7.38. The molecule has 0 radical (unpaired) electrons. The van der Waals surface area contributed by atoms with Crippen LogP contribution in [-0.2, 0) is 15.8 Å². The van der Waals surface area contributed by atoms with Gasteiger partial charge in [0.1, 0.15) is 0 Å². The quantitative estimate of drug-likeness (QED) is 0.711. The minimum Gasteiger partial charge on any atom is -0.335 e. The lowest BCUT2D eigenvalue weighted by molar-refractivity contribution is -0.189. The van der Waals surface area contributed by atoms with Gasteiger partial charge in [-0.25, -0.2) is 0 Å². The van der Waals surface area contributed by atoms with Crippen molar-refractivity contribution in [3.8, 4) is 0 Å². The number of likely N-dealkylation sites (N-methyl/N-ethyl adjacent to an activating group) is 1. The third-order valence-electron chi connectivity index (χ3n) is 5.08. The Morgan fingerprint density at radius 1 is 1.20 bits per heavy atom. The van der Waals surface area contributed by atoms with Crippen molar-refractivity contribution in [2.24, 2.45) is 5.92 Å². The molecule has 1 aromatic rings. The average Bonchev–Trinajstić information content (AvgIpc) is 2.65. The maximum absolute atomic E-state index is 13.0. The lowest BCUT2D eigenvalue weighted by Crippen LogP contribution is -2.52. The summed E-state index contributed by atoms with van der Waals surface area (Å²) in [6, 6.07) is 3.53. The number of carbonyl (C=O) groups excluding carboxylic acids is 2. The molecule has 0 spiro atoms. The highest BCUT2D eigenvalue weighted by atomic mass is 19.4. The number of amides is 2. The van der Waals surface area contributed by atoms with Gasteiger partial charge < -0.3 is 10.2 Å². The van der Waals surface area contributed by atoms with Crippen LogP contribution >= 0.6 is 0 Å². The predicted molar refractivity (Wildman–Crippen MR) is 97.5 cm³/mol. The Balaban J connectivity index is 1.98. The highest BCUT2D eigenvalue weighted by molar-refractivity contribution is 5.95. The molecule has 0 aromatic heterocycles. The number of piperidine rings is 1. The van der Waals surface area contributed by atoms with Crippen molar-refractivity contribution >= 4 is 17.5 Å². The number of halogens is 6. The van der Waals surface area contributed by atoms with Crippen molar-refractivity contribution in [2.45, 2.75) is 38.2 Å². The fraction of sp³-hybridized carbons (Fsp3) is 0.579. The number of nitrogens with zero attached hydrogens (tertiary/aromatic N) is 2. The molecule has 0 aliphatic carbocycles. The molecule has 0 saturated carbocycles. The molecule has 5 nitrogen and oxygen atoms in total. The maximum atomic E-state index is 13.0. The van der Waals surface area contributed by atoms with Crippen LogP contribution < -0.4 is 5.32 Å². The molecule has 2 rings (SSSR count). The summed E-state index contributed by atoms with van der Waals surface area (Å²) in [4.78, 5) is 27.1. The number of carbonyl (C=O) groups is 2. The van der Waals surface area contributed by atoms with Gasteiger partial charge in [0.05, 0.1) is 29.8 Å². The molecule has 2 atom stereocenters. The zero-order chi connectivity index (χ0) is 22.7. The Bertz CT molecular complexity index is 765. The lowest BCUT2D eigenvalue weighted by atomic mass is 9.96. The Hall–Kier alpha value is -2.30. The minimum atomic E-state index is -4.66. The molecule has 2 amide bonds. The van der Waals surface area contributed by atoms with E-state index in [1.165, 1.54) is 31.0 Å². The second kappa shape index (κ2) is 9.23. The van der Waals surface area contributed by atoms with Crippen LogP contribution in [0.25, 0.3) is 0 Å². The van der Waals surface area contributed by atoms with E-state index >= 15 is 0 Å². The lowest BCUT2D eigenvalue weighted by Gasteiger charge is -2.37. The third-order valence-corrected chi connectivity index (χ3v) is 5.08. The minimum absolute atomic E-state index is 0.00221.